The number of primary sulfonamides is 1. The van der Waals surface area contributed by atoms with Gasteiger partial charge in [0.15, 0.2) is 17.1 Å². The van der Waals surface area contributed by atoms with Gasteiger partial charge in [0.05, 0.1) is 4.75 Å². The molecular formula is C21H27F3N2O4S2. The number of benzene rings is 1. The molecule has 11 heteroatoms. The van der Waals surface area contributed by atoms with Crippen molar-refractivity contribution in [3.05, 3.63) is 24.3 Å². The molecule has 4 aliphatic rings. The third-order valence-electron chi connectivity index (χ3n) is 7.11. The van der Waals surface area contributed by atoms with E-state index >= 15 is 0 Å². The van der Waals surface area contributed by atoms with Crippen molar-refractivity contribution in [3.8, 4) is 11.5 Å². The molecule has 0 aromatic heterocycles. The highest BCUT2D eigenvalue weighted by atomic mass is 32.2. The van der Waals surface area contributed by atoms with Gasteiger partial charge in [0, 0.05) is 6.04 Å². The topological polar surface area (TPSA) is 90.7 Å². The Kier molecular flexibility index (Phi) is 5.69. The first kappa shape index (κ1) is 23.6. The maximum absolute atomic E-state index is 12.7. The molecule has 32 heavy (non-hydrogen) atoms. The van der Waals surface area contributed by atoms with Crippen molar-refractivity contribution in [1.29, 1.82) is 0 Å². The number of hydrogen-bond donors (Lipinski definition) is 2. The number of halogens is 3. The van der Waals surface area contributed by atoms with E-state index in [0.717, 1.165) is 12.8 Å². The average molecular weight is 493 g/mol. The van der Waals surface area contributed by atoms with Crippen LogP contribution in [0.3, 0.4) is 0 Å². The summed E-state index contributed by atoms with van der Waals surface area (Å²) in [4.78, 5) is 0.349. The SMILES string of the molecule is CC(C)(Oc1ccccc1OC(F)(F)F)C(=S)NC1C2CC3CC1CC(S(N)(=O)=O)(C3)C2. The third kappa shape index (κ3) is 4.43. The van der Waals surface area contributed by atoms with E-state index in [9.17, 15) is 21.6 Å². The van der Waals surface area contributed by atoms with Gasteiger partial charge >= 0.3 is 6.36 Å². The van der Waals surface area contributed by atoms with Gasteiger partial charge in [0.25, 0.3) is 0 Å². The van der Waals surface area contributed by atoms with Gasteiger partial charge in [-0.1, -0.05) is 24.4 Å². The van der Waals surface area contributed by atoms with Crippen LogP contribution in [0.2, 0.25) is 0 Å². The summed E-state index contributed by atoms with van der Waals surface area (Å²) in [6, 6.07) is 5.53. The van der Waals surface area contributed by atoms with Crippen molar-refractivity contribution in [2.45, 2.75) is 68.7 Å². The molecule has 4 saturated carbocycles. The quantitative estimate of drug-likeness (QED) is 0.586. The summed E-state index contributed by atoms with van der Waals surface area (Å²) >= 11 is 5.60. The first-order chi connectivity index (χ1) is 14.7. The summed E-state index contributed by atoms with van der Waals surface area (Å²) in [6.07, 6.45) is -1.39. The Labute approximate surface area is 191 Å². The van der Waals surface area contributed by atoms with Crippen LogP contribution < -0.4 is 19.9 Å². The molecule has 4 fully saturated rings. The fourth-order valence-electron chi connectivity index (χ4n) is 5.92. The zero-order valence-corrected chi connectivity index (χ0v) is 19.4. The summed E-state index contributed by atoms with van der Waals surface area (Å²) in [5.41, 5.74) is -1.12. The molecule has 178 valence electrons. The van der Waals surface area contributed by atoms with Gasteiger partial charge in [0.2, 0.25) is 10.0 Å². The Balaban J connectivity index is 1.48. The number of para-hydroxylation sites is 2. The second-order valence-corrected chi connectivity index (χ2v) is 12.2. The van der Waals surface area contributed by atoms with E-state index in [-0.39, 0.29) is 23.6 Å². The number of alkyl halides is 3. The second-order valence-electron chi connectivity index (χ2n) is 9.80. The first-order valence-corrected chi connectivity index (χ1v) is 12.5. The summed E-state index contributed by atoms with van der Waals surface area (Å²) in [6.45, 7) is 3.35. The molecule has 6 nitrogen and oxygen atoms in total. The molecule has 3 N–H and O–H groups in total. The highest BCUT2D eigenvalue weighted by Gasteiger charge is 2.60. The van der Waals surface area contributed by atoms with Crippen LogP contribution in [0, 0.1) is 17.8 Å². The fraction of sp³-hybridized carbons (Fsp3) is 0.667. The minimum Gasteiger partial charge on any atom is -0.477 e. The van der Waals surface area contributed by atoms with Crippen LogP contribution >= 0.6 is 12.2 Å². The Morgan fingerprint density at radius 1 is 1.09 bits per heavy atom. The van der Waals surface area contributed by atoms with Gasteiger partial charge < -0.3 is 14.8 Å². The lowest BCUT2D eigenvalue weighted by Gasteiger charge is -2.59. The Bertz CT molecular complexity index is 997. The Morgan fingerprint density at radius 3 is 2.12 bits per heavy atom. The van der Waals surface area contributed by atoms with Crippen molar-refractivity contribution in [2.24, 2.45) is 22.9 Å². The highest BCUT2D eigenvalue weighted by Crippen LogP contribution is 2.58. The fourth-order valence-corrected chi connectivity index (χ4v) is 7.46. The van der Waals surface area contributed by atoms with Gasteiger partial charge in [0.1, 0.15) is 4.99 Å². The van der Waals surface area contributed by atoms with E-state index < -0.39 is 32.5 Å². The smallest absolute Gasteiger partial charge is 0.477 e. The molecule has 2 atom stereocenters. The molecule has 0 heterocycles. The molecule has 4 bridgehead atoms. The zero-order valence-electron chi connectivity index (χ0n) is 17.8. The number of nitrogens with one attached hydrogen (secondary N) is 1. The maximum atomic E-state index is 12.7. The van der Waals surface area contributed by atoms with Crippen LogP contribution in [0.25, 0.3) is 0 Å². The lowest BCUT2D eigenvalue weighted by Crippen LogP contribution is -2.66. The van der Waals surface area contributed by atoms with E-state index in [1.807, 2.05) is 0 Å². The van der Waals surface area contributed by atoms with Crippen molar-refractivity contribution in [2.75, 3.05) is 0 Å². The molecule has 0 radical (unpaired) electrons. The average Bonchev–Trinajstić information content (AvgIpc) is 2.63. The van der Waals surface area contributed by atoms with Gasteiger partial charge in [-0.25, -0.2) is 13.6 Å². The summed E-state index contributed by atoms with van der Waals surface area (Å²) in [7, 11) is -3.65. The van der Waals surface area contributed by atoms with Crippen molar-refractivity contribution in [1.82, 2.24) is 5.32 Å². The molecule has 0 spiro atoms. The molecule has 1 aromatic carbocycles. The van der Waals surface area contributed by atoms with Gasteiger partial charge in [-0.15, -0.1) is 13.2 Å². The molecule has 0 amide bonds. The molecule has 5 rings (SSSR count). The lowest BCUT2D eigenvalue weighted by molar-refractivity contribution is -0.275. The predicted octanol–water partition coefficient (Wildman–Crippen LogP) is 3.90. The lowest BCUT2D eigenvalue weighted by atomic mass is 9.53. The van der Waals surface area contributed by atoms with Gasteiger partial charge in [-0.3, -0.25) is 0 Å². The van der Waals surface area contributed by atoms with E-state index in [1.165, 1.54) is 18.2 Å². The highest BCUT2D eigenvalue weighted by molar-refractivity contribution is 7.90. The number of ether oxygens (including phenoxy) is 2. The summed E-state index contributed by atoms with van der Waals surface area (Å²) < 4.78 is 72.0. The zero-order chi connectivity index (χ0) is 23.5. The predicted molar refractivity (Wildman–Crippen MR) is 117 cm³/mol. The number of hydrogen-bond acceptors (Lipinski definition) is 5. The second kappa shape index (κ2) is 7.73. The first-order valence-electron chi connectivity index (χ1n) is 10.6. The number of nitrogens with two attached hydrogens (primary N) is 1. The number of rotatable bonds is 6. The van der Waals surface area contributed by atoms with Crippen LogP contribution in [-0.4, -0.2) is 36.2 Å². The molecular weight excluding hydrogens is 465 g/mol. The maximum Gasteiger partial charge on any atom is 0.573 e. The molecule has 0 aliphatic heterocycles. The van der Waals surface area contributed by atoms with Crippen molar-refractivity contribution < 1.29 is 31.1 Å². The number of thiocarbonyl (C=S) groups is 1. The monoisotopic (exact) mass is 492 g/mol. The Hall–Kier alpha value is -1.59. The van der Waals surface area contributed by atoms with Crippen LogP contribution in [0.5, 0.6) is 11.5 Å². The minimum absolute atomic E-state index is 0.0153. The van der Waals surface area contributed by atoms with Crippen molar-refractivity contribution >= 4 is 27.2 Å². The van der Waals surface area contributed by atoms with Gasteiger partial charge in [-0.2, -0.15) is 0 Å². The normalized spacial score (nSPS) is 31.9. The van der Waals surface area contributed by atoms with Crippen LogP contribution in [0.1, 0.15) is 46.0 Å². The van der Waals surface area contributed by atoms with Crippen molar-refractivity contribution in [3.63, 3.8) is 0 Å². The van der Waals surface area contributed by atoms with E-state index in [0.29, 0.717) is 30.2 Å². The van der Waals surface area contributed by atoms with Crippen LogP contribution in [0.15, 0.2) is 24.3 Å². The molecule has 2 unspecified atom stereocenters. The molecule has 4 aliphatic carbocycles. The van der Waals surface area contributed by atoms with Crippen LogP contribution in [-0.2, 0) is 10.0 Å². The van der Waals surface area contributed by atoms with Crippen LogP contribution in [0.4, 0.5) is 13.2 Å². The third-order valence-corrected chi connectivity index (χ3v) is 9.42. The largest absolute Gasteiger partial charge is 0.573 e. The Morgan fingerprint density at radius 2 is 1.62 bits per heavy atom. The summed E-state index contributed by atoms with van der Waals surface area (Å²) in [5.74, 6) is 0.0641. The standard InChI is InChI=1S/C21H27F3N2O4S2/c1-19(2,29-15-5-3-4-6-16(15)30-21(22,23)24)18(31)26-17-13-7-12-8-14(17)11-20(9-12,10-13)32(25,27)28/h3-6,12-14,17H,7-11H2,1-2H3,(H,26,31)(H2,25,27,28). The van der Waals surface area contributed by atoms with E-state index in [4.69, 9.17) is 22.1 Å². The van der Waals surface area contributed by atoms with Gasteiger partial charge in [-0.05, 0) is 75.8 Å². The minimum atomic E-state index is -4.85. The summed E-state index contributed by atoms with van der Waals surface area (Å²) in [5, 5.41) is 8.98. The van der Waals surface area contributed by atoms with E-state index in [2.05, 4.69) is 10.1 Å². The number of sulfonamides is 1. The molecule has 0 saturated heterocycles. The van der Waals surface area contributed by atoms with E-state index in [1.54, 1.807) is 19.9 Å². The molecule has 1 aromatic rings.